The minimum absolute atomic E-state index is 0.631. The Labute approximate surface area is 69.5 Å². The normalized spacial score (nSPS) is 27.7. The molecule has 0 aromatic carbocycles. The van der Waals surface area contributed by atoms with E-state index in [2.05, 4.69) is 37.3 Å². The molecule has 1 fully saturated rings. The smallest absolute Gasteiger partial charge is 0.0386 e. The first-order valence-electron chi connectivity index (χ1n) is 4.28. The predicted octanol–water partition coefficient (Wildman–Crippen LogP) is 1.16. The Morgan fingerprint density at radius 1 is 1.64 bits per heavy atom. The standard InChI is InChI=1S/C9H18N2/c1-5-11-8(2)6-10(4)7-9(11)3/h9H,2,5-7H2,1,3-4H3/t9-/m0/s1. The number of rotatable bonds is 1. The van der Waals surface area contributed by atoms with Crippen LogP contribution in [0.3, 0.4) is 0 Å². The van der Waals surface area contributed by atoms with Crippen molar-refractivity contribution in [1.82, 2.24) is 9.80 Å². The van der Waals surface area contributed by atoms with Crippen LogP contribution in [-0.2, 0) is 0 Å². The third kappa shape index (κ3) is 1.74. The molecule has 0 bridgehead atoms. The SMILES string of the molecule is C=C1CN(C)C[C@H](C)N1CC. The number of nitrogens with zero attached hydrogens (tertiary/aromatic N) is 2. The van der Waals surface area contributed by atoms with Crippen LogP contribution < -0.4 is 0 Å². The molecule has 0 N–H and O–H groups in total. The first-order chi connectivity index (χ1) is 5.15. The Morgan fingerprint density at radius 2 is 2.27 bits per heavy atom. The molecule has 0 unspecified atom stereocenters. The average Bonchev–Trinajstić information content (AvgIpc) is 1.85. The van der Waals surface area contributed by atoms with Crippen molar-refractivity contribution >= 4 is 0 Å². The zero-order valence-electron chi connectivity index (χ0n) is 7.80. The van der Waals surface area contributed by atoms with Crippen molar-refractivity contribution in [3.8, 4) is 0 Å². The molecule has 0 radical (unpaired) electrons. The van der Waals surface area contributed by atoms with E-state index in [1.165, 1.54) is 5.70 Å². The summed E-state index contributed by atoms with van der Waals surface area (Å²) in [5, 5.41) is 0. The average molecular weight is 154 g/mol. The zero-order chi connectivity index (χ0) is 8.43. The van der Waals surface area contributed by atoms with Gasteiger partial charge in [0.15, 0.2) is 0 Å². The van der Waals surface area contributed by atoms with E-state index in [0.29, 0.717) is 6.04 Å². The fourth-order valence-electron chi connectivity index (χ4n) is 1.86. The lowest BCUT2D eigenvalue weighted by atomic mass is 10.2. The summed E-state index contributed by atoms with van der Waals surface area (Å²) in [7, 11) is 2.15. The maximum Gasteiger partial charge on any atom is 0.0386 e. The van der Waals surface area contributed by atoms with Crippen molar-refractivity contribution in [1.29, 1.82) is 0 Å². The van der Waals surface area contributed by atoms with Gasteiger partial charge in [-0.3, -0.25) is 4.90 Å². The summed E-state index contributed by atoms with van der Waals surface area (Å²) in [5.41, 5.74) is 1.26. The van der Waals surface area contributed by atoms with Crippen LogP contribution in [0.2, 0.25) is 0 Å². The van der Waals surface area contributed by atoms with Gasteiger partial charge in [0.2, 0.25) is 0 Å². The van der Waals surface area contributed by atoms with E-state index in [4.69, 9.17) is 0 Å². The van der Waals surface area contributed by atoms with E-state index in [9.17, 15) is 0 Å². The molecule has 1 saturated heterocycles. The van der Waals surface area contributed by atoms with Crippen LogP contribution in [0.4, 0.5) is 0 Å². The molecule has 1 heterocycles. The van der Waals surface area contributed by atoms with Gasteiger partial charge in [0, 0.05) is 31.4 Å². The van der Waals surface area contributed by atoms with Gasteiger partial charge in [-0.15, -0.1) is 0 Å². The van der Waals surface area contributed by atoms with E-state index in [-0.39, 0.29) is 0 Å². The van der Waals surface area contributed by atoms with Gasteiger partial charge >= 0.3 is 0 Å². The second-order valence-corrected chi connectivity index (χ2v) is 3.40. The quantitative estimate of drug-likeness (QED) is 0.559. The molecule has 1 atom stereocenters. The van der Waals surface area contributed by atoms with Crippen molar-refractivity contribution in [2.24, 2.45) is 0 Å². The number of hydrogen-bond donors (Lipinski definition) is 0. The van der Waals surface area contributed by atoms with Gasteiger partial charge in [0.1, 0.15) is 0 Å². The van der Waals surface area contributed by atoms with Crippen LogP contribution in [0.15, 0.2) is 12.3 Å². The molecule has 0 aromatic heterocycles. The minimum atomic E-state index is 0.631. The summed E-state index contributed by atoms with van der Waals surface area (Å²) >= 11 is 0. The van der Waals surface area contributed by atoms with Crippen LogP contribution >= 0.6 is 0 Å². The molecule has 1 aliphatic heterocycles. The second-order valence-electron chi connectivity index (χ2n) is 3.40. The highest BCUT2D eigenvalue weighted by Gasteiger charge is 2.21. The van der Waals surface area contributed by atoms with Crippen molar-refractivity contribution in [2.75, 3.05) is 26.7 Å². The fourth-order valence-corrected chi connectivity index (χ4v) is 1.86. The molecule has 0 amide bonds. The second kappa shape index (κ2) is 3.26. The van der Waals surface area contributed by atoms with Crippen molar-refractivity contribution < 1.29 is 0 Å². The molecule has 2 nitrogen and oxygen atoms in total. The van der Waals surface area contributed by atoms with Crippen molar-refractivity contribution in [3.63, 3.8) is 0 Å². The van der Waals surface area contributed by atoms with E-state index >= 15 is 0 Å². The lowest BCUT2D eigenvalue weighted by Crippen LogP contribution is -2.48. The van der Waals surface area contributed by atoms with Crippen molar-refractivity contribution in [2.45, 2.75) is 19.9 Å². The molecule has 0 saturated carbocycles. The molecule has 0 aliphatic carbocycles. The lowest BCUT2D eigenvalue weighted by molar-refractivity contribution is 0.152. The van der Waals surface area contributed by atoms with E-state index in [0.717, 1.165) is 19.6 Å². The van der Waals surface area contributed by atoms with Crippen LogP contribution in [-0.4, -0.2) is 42.5 Å². The van der Waals surface area contributed by atoms with Gasteiger partial charge < -0.3 is 4.90 Å². The molecular formula is C9H18N2. The highest BCUT2D eigenvalue weighted by molar-refractivity contribution is 5.02. The Hall–Kier alpha value is -0.500. The Bertz CT molecular complexity index is 154. The topological polar surface area (TPSA) is 6.48 Å². The van der Waals surface area contributed by atoms with Gasteiger partial charge in [-0.2, -0.15) is 0 Å². The summed E-state index contributed by atoms with van der Waals surface area (Å²) in [6, 6.07) is 0.631. The first kappa shape index (κ1) is 8.60. The Morgan fingerprint density at radius 3 is 2.73 bits per heavy atom. The molecule has 0 spiro atoms. The van der Waals surface area contributed by atoms with E-state index < -0.39 is 0 Å². The fraction of sp³-hybridized carbons (Fsp3) is 0.778. The number of likely N-dealkylation sites (N-methyl/N-ethyl adjacent to an activating group) is 2. The third-order valence-corrected chi connectivity index (χ3v) is 2.31. The van der Waals surface area contributed by atoms with Crippen LogP contribution in [0.25, 0.3) is 0 Å². The maximum atomic E-state index is 4.05. The van der Waals surface area contributed by atoms with Gasteiger partial charge in [-0.05, 0) is 20.9 Å². The largest absolute Gasteiger partial charge is 0.371 e. The molecular weight excluding hydrogens is 136 g/mol. The molecule has 2 heteroatoms. The molecule has 0 aromatic rings. The summed E-state index contributed by atoms with van der Waals surface area (Å²) < 4.78 is 0. The van der Waals surface area contributed by atoms with Gasteiger partial charge in [0.05, 0.1) is 0 Å². The molecule has 1 aliphatic rings. The highest BCUT2D eigenvalue weighted by atomic mass is 15.3. The zero-order valence-corrected chi connectivity index (χ0v) is 7.80. The summed E-state index contributed by atoms with van der Waals surface area (Å²) in [6.07, 6.45) is 0. The Kier molecular flexibility index (Phi) is 2.55. The molecule has 11 heavy (non-hydrogen) atoms. The molecule has 1 rings (SSSR count). The summed E-state index contributed by atoms with van der Waals surface area (Å²) in [5.74, 6) is 0. The van der Waals surface area contributed by atoms with E-state index in [1.807, 2.05) is 0 Å². The summed E-state index contributed by atoms with van der Waals surface area (Å²) in [6.45, 7) is 11.8. The van der Waals surface area contributed by atoms with Crippen LogP contribution in [0, 0.1) is 0 Å². The monoisotopic (exact) mass is 154 g/mol. The predicted molar refractivity (Wildman–Crippen MR) is 48.5 cm³/mol. The van der Waals surface area contributed by atoms with Gasteiger partial charge in [-0.25, -0.2) is 0 Å². The maximum absolute atomic E-state index is 4.05. The van der Waals surface area contributed by atoms with Crippen LogP contribution in [0.1, 0.15) is 13.8 Å². The van der Waals surface area contributed by atoms with Gasteiger partial charge in [-0.1, -0.05) is 6.58 Å². The van der Waals surface area contributed by atoms with Crippen LogP contribution in [0.5, 0.6) is 0 Å². The first-order valence-corrected chi connectivity index (χ1v) is 4.28. The van der Waals surface area contributed by atoms with E-state index in [1.54, 1.807) is 0 Å². The number of piperazine rings is 1. The Balaban J connectivity index is 2.59. The lowest BCUT2D eigenvalue weighted by Gasteiger charge is -2.40. The van der Waals surface area contributed by atoms with Crippen molar-refractivity contribution in [3.05, 3.63) is 12.3 Å². The number of hydrogen-bond acceptors (Lipinski definition) is 2. The highest BCUT2D eigenvalue weighted by Crippen LogP contribution is 2.14. The third-order valence-electron chi connectivity index (χ3n) is 2.31. The molecule has 64 valence electrons. The minimum Gasteiger partial charge on any atom is -0.371 e. The summed E-state index contributed by atoms with van der Waals surface area (Å²) in [4.78, 5) is 4.69. The van der Waals surface area contributed by atoms with Gasteiger partial charge in [0.25, 0.3) is 0 Å².